The number of aryl methyl sites for hydroxylation is 2. The second-order valence-corrected chi connectivity index (χ2v) is 8.15. The molecule has 2 aromatic heterocycles. The van der Waals surface area contributed by atoms with Crippen molar-refractivity contribution in [1.29, 1.82) is 0 Å². The molecule has 0 aliphatic carbocycles. The van der Waals surface area contributed by atoms with Gasteiger partial charge in [0.2, 0.25) is 5.43 Å². The van der Waals surface area contributed by atoms with Gasteiger partial charge in [-0.15, -0.1) is 0 Å². The van der Waals surface area contributed by atoms with Crippen molar-refractivity contribution in [2.75, 3.05) is 6.61 Å². The molecular formula is C22H25N3O3. The summed E-state index contributed by atoms with van der Waals surface area (Å²) in [5.74, 6) is 0.574. The molecule has 2 aliphatic heterocycles. The molecule has 2 aliphatic rings. The van der Waals surface area contributed by atoms with Crippen molar-refractivity contribution in [2.45, 2.75) is 65.0 Å². The van der Waals surface area contributed by atoms with E-state index < -0.39 is 5.97 Å². The zero-order valence-corrected chi connectivity index (χ0v) is 16.6. The van der Waals surface area contributed by atoms with Crippen LogP contribution in [-0.4, -0.2) is 26.7 Å². The number of fused-ring (bicyclic) bond motifs is 4. The first kappa shape index (κ1) is 17.5. The van der Waals surface area contributed by atoms with E-state index in [0.717, 1.165) is 60.0 Å². The van der Waals surface area contributed by atoms with Gasteiger partial charge in [0.25, 0.3) is 0 Å². The summed E-state index contributed by atoms with van der Waals surface area (Å²) in [5.41, 5.74) is 4.03. The van der Waals surface area contributed by atoms with Gasteiger partial charge in [0.15, 0.2) is 0 Å². The zero-order chi connectivity index (χ0) is 19.6. The van der Waals surface area contributed by atoms with E-state index in [4.69, 9.17) is 9.72 Å². The van der Waals surface area contributed by atoms with E-state index in [-0.39, 0.29) is 23.6 Å². The minimum absolute atomic E-state index is 0.125. The third kappa shape index (κ3) is 2.30. The number of esters is 1. The number of benzene rings is 1. The Morgan fingerprint density at radius 3 is 2.86 bits per heavy atom. The SMILES string of the molecule is CCOC(=O)c1cn2c3c(c4nc5n(c4cc3c1=O)C(C)CCC5)CCC2C. The van der Waals surface area contributed by atoms with Crippen LogP contribution in [-0.2, 0) is 17.6 Å². The fourth-order valence-corrected chi connectivity index (χ4v) is 4.99. The number of imidazole rings is 1. The van der Waals surface area contributed by atoms with Gasteiger partial charge in [0, 0.05) is 35.7 Å². The molecule has 0 bridgehead atoms. The molecule has 2 atom stereocenters. The third-order valence-corrected chi connectivity index (χ3v) is 6.39. The lowest BCUT2D eigenvalue weighted by Crippen LogP contribution is -2.25. The first-order valence-electron chi connectivity index (χ1n) is 10.3. The van der Waals surface area contributed by atoms with Gasteiger partial charge in [0.05, 0.1) is 23.2 Å². The van der Waals surface area contributed by atoms with Crippen LogP contribution >= 0.6 is 0 Å². The van der Waals surface area contributed by atoms with Crippen molar-refractivity contribution in [1.82, 2.24) is 14.1 Å². The molecule has 0 N–H and O–H groups in total. The highest BCUT2D eigenvalue weighted by Crippen LogP contribution is 2.38. The number of hydrogen-bond acceptors (Lipinski definition) is 4. The zero-order valence-electron chi connectivity index (χ0n) is 16.6. The van der Waals surface area contributed by atoms with Gasteiger partial charge in [-0.2, -0.15) is 0 Å². The minimum Gasteiger partial charge on any atom is -0.462 e. The predicted molar refractivity (Wildman–Crippen MR) is 108 cm³/mol. The average molecular weight is 379 g/mol. The number of nitrogens with zero attached hydrogens (tertiary/aromatic N) is 3. The summed E-state index contributed by atoms with van der Waals surface area (Å²) in [4.78, 5) is 30.7. The number of aromatic nitrogens is 3. The average Bonchev–Trinajstić information content (AvgIpc) is 3.05. The maximum absolute atomic E-state index is 13.3. The lowest BCUT2D eigenvalue weighted by molar-refractivity contribution is 0.0524. The quantitative estimate of drug-likeness (QED) is 0.633. The molecule has 0 saturated heterocycles. The first-order chi connectivity index (χ1) is 13.5. The Balaban J connectivity index is 1.91. The highest BCUT2D eigenvalue weighted by molar-refractivity contribution is 6.01. The van der Waals surface area contributed by atoms with Gasteiger partial charge in [-0.1, -0.05) is 0 Å². The van der Waals surface area contributed by atoms with Crippen LogP contribution in [0.5, 0.6) is 0 Å². The number of pyridine rings is 1. The summed E-state index contributed by atoms with van der Waals surface area (Å²) in [6.45, 7) is 6.36. The molecule has 0 fully saturated rings. The van der Waals surface area contributed by atoms with Crippen LogP contribution in [0.15, 0.2) is 17.1 Å². The lowest BCUT2D eigenvalue weighted by Gasteiger charge is -2.27. The van der Waals surface area contributed by atoms with E-state index in [1.165, 1.54) is 0 Å². The maximum Gasteiger partial charge on any atom is 0.343 e. The normalized spacial score (nSPS) is 21.1. The van der Waals surface area contributed by atoms with Crippen LogP contribution in [0.2, 0.25) is 0 Å². The van der Waals surface area contributed by atoms with Gasteiger partial charge in [0.1, 0.15) is 11.4 Å². The van der Waals surface area contributed by atoms with E-state index in [1.54, 1.807) is 13.1 Å². The number of carbonyl (C=O) groups is 1. The van der Waals surface area contributed by atoms with Gasteiger partial charge in [-0.05, 0) is 52.5 Å². The molecule has 5 rings (SSSR count). The molecule has 0 spiro atoms. The Morgan fingerprint density at radius 1 is 1.25 bits per heavy atom. The molecule has 1 aromatic carbocycles. The molecule has 2 unspecified atom stereocenters. The molecule has 4 heterocycles. The summed E-state index contributed by atoms with van der Waals surface area (Å²) in [5, 5.41) is 0.611. The summed E-state index contributed by atoms with van der Waals surface area (Å²) in [7, 11) is 0. The smallest absolute Gasteiger partial charge is 0.343 e. The third-order valence-electron chi connectivity index (χ3n) is 6.39. The van der Waals surface area contributed by atoms with Crippen molar-refractivity contribution in [3.05, 3.63) is 39.4 Å². The Hall–Kier alpha value is -2.63. The van der Waals surface area contributed by atoms with Crippen LogP contribution in [0.4, 0.5) is 0 Å². The number of hydrogen-bond donors (Lipinski definition) is 0. The summed E-state index contributed by atoms with van der Waals surface area (Å²) in [6, 6.07) is 2.56. The topological polar surface area (TPSA) is 66.1 Å². The van der Waals surface area contributed by atoms with Gasteiger partial charge >= 0.3 is 5.97 Å². The standard InChI is InChI=1S/C22H25N3O3/c1-4-28-22(27)16-11-24-12(2)8-9-14-19-17(10-15(20(14)24)21(16)26)25-13(3)6-5-7-18(25)23-19/h10-13H,4-9H2,1-3H3. The predicted octanol–water partition coefficient (Wildman–Crippen LogP) is 3.93. The second-order valence-electron chi connectivity index (χ2n) is 8.15. The van der Waals surface area contributed by atoms with E-state index in [1.807, 2.05) is 6.07 Å². The summed E-state index contributed by atoms with van der Waals surface area (Å²) >= 11 is 0. The first-order valence-corrected chi connectivity index (χ1v) is 10.3. The van der Waals surface area contributed by atoms with Gasteiger partial charge in [-0.25, -0.2) is 9.78 Å². The lowest BCUT2D eigenvalue weighted by atomic mass is 9.94. The van der Waals surface area contributed by atoms with Crippen molar-refractivity contribution in [2.24, 2.45) is 0 Å². The molecule has 0 amide bonds. The van der Waals surface area contributed by atoms with E-state index >= 15 is 0 Å². The van der Waals surface area contributed by atoms with Crippen LogP contribution < -0.4 is 5.43 Å². The molecule has 28 heavy (non-hydrogen) atoms. The number of ether oxygens (including phenoxy) is 1. The summed E-state index contributed by atoms with van der Waals surface area (Å²) in [6.07, 6.45) is 6.80. The van der Waals surface area contributed by atoms with E-state index in [2.05, 4.69) is 23.0 Å². The van der Waals surface area contributed by atoms with Gasteiger partial charge in [-0.3, -0.25) is 4.79 Å². The Morgan fingerprint density at radius 2 is 2.07 bits per heavy atom. The Bertz CT molecular complexity index is 1190. The molecule has 6 heteroatoms. The molecule has 6 nitrogen and oxygen atoms in total. The van der Waals surface area contributed by atoms with Crippen LogP contribution in [0, 0.1) is 0 Å². The highest BCUT2D eigenvalue weighted by Gasteiger charge is 2.29. The molecule has 0 saturated carbocycles. The summed E-state index contributed by atoms with van der Waals surface area (Å²) < 4.78 is 9.54. The van der Waals surface area contributed by atoms with E-state index in [0.29, 0.717) is 11.4 Å². The van der Waals surface area contributed by atoms with Crippen LogP contribution in [0.3, 0.4) is 0 Å². The molecule has 3 aromatic rings. The Labute approximate surface area is 163 Å². The molecular weight excluding hydrogens is 354 g/mol. The fraction of sp³-hybridized carbons (Fsp3) is 0.500. The van der Waals surface area contributed by atoms with Crippen molar-refractivity contribution >= 4 is 27.9 Å². The number of carbonyl (C=O) groups excluding carboxylic acids is 1. The maximum atomic E-state index is 13.3. The number of rotatable bonds is 2. The van der Waals surface area contributed by atoms with Gasteiger partial charge < -0.3 is 13.9 Å². The fourth-order valence-electron chi connectivity index (χ4n) is 4.99. The van der Waals surface area contributed by atoms with Crippen LogP contribution in [0.1, 0.15) is 73.9 Å². The molecule has 0 radical (unpaired) electrons. The van der Waals surface area contributed by atoms with Crippen molar-refractivity contribution < 1.29 is 9.53 Å². The van der Waals surface area contributed by atoms with Crippen molar-refractivity contribution in [3.63, 3.8) is 0 Å². The monoisotopic (exact) mass is 379 g/mol. The second kappa shape index (κ2) is 6.19. The van der Waals surface area contributed by atoms with Crippen LogP contribution in [0.25, 0.3) is 21.9 Å². The molecule has 146 valence electrons. The Kier molecular flexibility index (Phi) is 3.86. The van der Waals surface area contributed by atoms with Crippen molar-refractivity contribution in [3.8, 4) is 0 Å². The minimum atomic E-state index is -0.541. The van der Waals surface area contributed by atoms with E-state index in [9.17, 15) is 9.59 Å². The largest absolute Gasteiger partial charge is 0.462 e. The highest BCUT2D eigenvalue weighted by atomic mass is 16.5.